The van der Waals surface area contributed by atoms with Crippen molar-refractivity contribution in [3.8, 4) is 0 Å². The number of ether oxygens (including phenoxy) is 5. The average Bonchev–Trinajstić information content (AvgIpc) is 3.97. The minimum absolute atomic E-state index is 0.0280. The highest BCUT2D eigenvalue weighted by Gasteiger charge is 2.50. The Morgan fingerprint density at radius 3 is 2.14 bits per heavy atom. The lowest BCUT2D eigenvalue weighted by atomic mass is 10.1. The molecule has 0 radical (unpaired) electrons. The number of amides is 3. The number of anilines is 2. The van der Waals surface area contributed by atoms with Crippen LogP contribution in [0.1, 0.15) is 100 Å². The summed E-state index contributed by atoms with van der Waals surface area (Å²) in [5.41, 5.74) is 9.06. The molecular weight excluding hydrogens is 1090 g/mol. The maximum atomic E-state index is 14.2. The second kappa shape index (κ2) is 25.8. The van der Waals surface area contributed by atoms with Gasteiger partial charge in [0.05, 0.1) is 19.5 Å². The number of rotatable bonds is 23. The number of nitrogens with one attached hydrogen (secondary N) is 3. The summed E-state index contributed by atoms with van der Waals surface area (Å²) in [4.78, 5) is 112. The largest absolute Gasteiger partial charge is 0.472 e. The lowest BCUT2D eigenvalue weighted by Gasteiger charge is -2.26. The van der Waals surface area contributed by atoms with Gasteiger partial charge in [-0.3, -0.25) is 27.5 Å². The Hall–Kier alpha value is -4.69. The maximum absolute atomic E-state index is 14.2. The predicted octanol–water partition coefficient (Wildman–Crippen LogP) is 2.57. The molecule has 2 aliphatic heterocycles. The number of nitrogens with zero attached hydrogens (tertiary/aromatic N) is 6. The number of phosphoric ester groups is 2. The number of aromatic nitrogens is 6. The van der Waals surface area contributed by atoms with Gasteiger partial charge in [-0.15, -0.1) is 0 Å². The van der Waals surface area contributed by atoms with Gasteiger partial charge in [0.2, 0.25) is 5.91 Å². The normalized spacial score (nSPS) is 22.8. The first kappa shape index (κ1) is 62.2. The van der Waals surface area contributed by atoms with Gasteiger partial charge in [0, 0.05) is 29.7 Å². The van der Waals surface area contributed by atoms with Gasteiger partial charge in [0.15, 0.2) is 23.8 Å². The van der Waals surface area contributed by atoms with Crippen molar-refractivity contribution in [3.05, 3.63) is 35.4 Å². The van der Waals surface area contributed by atoms with Crippen LogP contribution in [-0.2, 0) is 56.0 Å². The Balaban J connectivity index is 1.33. The highest BCUT2D eigenvalue weighted by molar-refractivity contribution is 8.77. The van der Waals surface area contributed by atoms with E-state index in [2.05, 4.69) is 40.4 Å². The minimum atomic E-state index is -5.30. The first-order valence-corrected chi connectivity index (χ1v) is 28.9. The number of nitrogen functional groups attached to an aromatic ring is 2. The highest BCUT2D eigenvalue weighted by atomic mass is 33.1. The van der Waals surface area contributed by atoms with Crippen LogP contribution in [0.2, 0.25) is 0 Å². The number of unbranched alkanes of at least 4 members (excludes halogenated alkanes) is 1. The molecule has 0 bridgehead atoms. The lowest BCUT2D eigenvalue weighted by molar-refractivity contribution is -0.159. The molecule has 2 aliphatic rings. The van der Waals surface area contributed by atoms with E-state index in [4.69, 9.17) is 44.2 Å². The molecule has 3 amide bonds. The van der Waals surface area contributed by atoms with Gasteiger partial charge >= 0.3 is 39.5 Å². The van der Waals surface area contributed by atoms with Crippen molar-refractivity contribution >= 4 is 84.1 Å². The second-order valence-electron chi connectivity index (χ2n) is 20.3. The van der Waals surface area contributed by atoms with E-state index in [1.807, 2.05) is 20.8 Å². The molecule has 30 nitrogen and oxygen atoms in total. The van der Waals surface area contributed by atoms with Crippen LogP contribution in [0, 0.1) is 0 Å². The van der Waals surface area contributed by atoms with E-state index in [-0.39, 0.29) is 65.5 Å². The summed E-state index contributed by atoms with van der Waals surface area (Å²) in [5.74, 6) is -1.55. The zero-order chi connectivity index (χ0) is 56.6. The zero-order valence-electron chi connectivity index (χ0n) is 43.1. The summed E-state index contributed by atoms with van der Waals surface area (Å²) in [5, 5.41) is 19.8. The van der Waals surface area contributed by atoms with Gasteiger partial charge in [0.1, 0.15) is 71.6 Å². The summed E-state index contributed by atoms with van der Waals surface area (Å²) < 4.78 is 71.3. The van der Waals surface area contributed by atoms with Crippen molar-refractivity contribution in [3.63, 3.8) is 0 Å². The molecule has 5 rings (SSSR count). The Bertz CT molecular complexity index is 2660. The minimum Gasteiger partial charge on any atom is -0.455 e. The highest BCUT2D eigenvalue weighted by Crippen LogP contribution is 2.50. The summed E-state index contributed by atoms with van der Waals surface area (Å²) in [7, 11) is -7.50. The van der Waals surface area contributed by atoms with E-state index in [1.54, 1.807) is 41.5 Å². The van der Waals surface area contributed by atoms with E-state index in [0.29, 0.717) is 0 Å². The number of imidazole rings is 1. The van der Waals surface area contributed by atoms with Gasteiger partial charge in [-0.05, 0) is 66.9 Å². The number of carbonyl (C=O) groups excluding carboxylic acids is 4. The summed E-state index contributed by atoms with van der Waals surface area (Å²) in [6, 6.07) is -1.17. The van der Waals surface area contributed by atoms with Gasteiger partial charge in [-0.2, -0.15) is 4.98 Å². The number of fused-ring (bicyclic) bond motifs is 1. The predicted molar refractivity (Wildman–Crippen MR) is 273 cm³/mol. The van der Waals surface area contributed by atoms with Crippen LogP contribution in [0.5, 0.6) is 0 Å². The van der Waals surface area contributed by atoms with Crippen LogP contribution in [0.15, 0.2) is 29.7 Å². The molecule has 34 heteroatoms. The van der Waals surface area contributed by atoms with Crippen molar-refractivity contribution in [1.29, 1.82) is 0 Å². The Morgan fingerprint density at radius 2 is 1.53 bits per heavy atom. The third kappa shape index (κ3) is 19.3. The summed E-state index contributed by atoms with van der Waals surface area (Å²) in [6.45, 7) is 14.1. The molecule has 2 saturated heterocycles. The van der Waals surface area contributed by atoms with Crippen molar-refractivity contribution in [2.45, 2.75) is 159 Å². The van der Waals surface area contributed by atoms with E-state index < -0.39 is 125 Å². The number of aliphatic hydroxyl groups is 1. The third-order valence-electron chi connectivity index (χ3n) is 10.4. The molecule has 5 heterocycles. The van der Waals surface area contributed by atoms with Crippen molar-refractivity contribution in [2.24, 2.45) is 0 Å². The Kier molecular flexibility index (Phi) is 21.1. The molecular formula is C42H67N11O19P2S2. The molecule has 3 aromatic rings. The SMILES string of the molecule is CC(C)(C)OC(=O)N[C@@H](CSSC(C)(C)C)C(=O)NCCCC[C@@H](NC(=O)OC(C)(C)C)C(=O)O[C@H]1[C@@H](O)[C@H](n2cnc3c(N)ncnc32)O[C@H]1COP(=O)(O)O[C@H]1C[C@H](n2ccc(N)nc2=O)O[C@@H]1COP(=O)(O)O. The Morgan fingerprint density at radius 1 is 0.882 bits per heavy atom. The molecule has 2 fully saturated rings. The van der Waals surface area contributed by atoms with Crippen LogP contribution in [0.4, 0.5) is 21.2 Å². The van der Waals surface area contributed by atoms with Crippen LogP contribution in [0.25, 0.3) is 11.2 Å². The fourth-order valence-corrected chi connectivity index (χ4v) is 11.0. The molecule has 0 aromatic carbocycles. The first-order valence-electron chi connectivity index (χ1n) is 23.6. The van der Waals surface area contributed by atoms with E-state index in [9.17, 15) is 52.9 Å². The number of nitrogens with two attached hydrogens (primary N) is 2. The standard InChI is InChI=1S/C42H67N11O19P2S2/c1-40(2,3)70-38(58)49-22(12-10-11-14-45-34(55)23(19-75-76-42(7,8)9)50-39(59)71-41(4,5)6)36(56)69-31-26(68-35(30(31)54)53-21-48-29-32(44)46-20-47-33(29)53)18-66-74(63,64)72-24-16-28(52-15-13-27(43)51-37(52)57)67-25(24)17-65-73(60,61)62/h13,15,20-26,28,30-31,35,54H,10-12,14,16-19H2,1-9H3,(H,45,55)(H,49,58)(H,50,59)(H,63,64)(H2,43,51,57)(H2,44,46,47)(H2,60,61,62)/t22-,23+,24+,25-,26+,28-,30-,31-,35-/m1/s1. The van der Waals surface area contributed by atoms with Crippen LogP contribution >= 0.6 is 37.2 Å². The van der Waals surface area contributed by atoms with Gasteiger partial charge < -0.3 is 70.9 Å². The molecule has 3 aromatic heterocycles. The Labute approximate surface area is 444 Å². The van der Waals surface area contributed by atoms with Crippen LogP contribution < -0.4 is 33.1 Å². The number of esters is 1. The summed E-state index contributed by atoms with van der Waals surface area (Å²) >= 11 is 0. The maximum Gasteiger partial charge on any atom is 0.472 e. The molecule has 76 heavy (non-hydrogen) atoms. The fourth-order valence-electron chi connectivity index (χ4n) is 7.24. The van der Waals surface area contributed by atoms with Crippen molar-refractivity contribution < 1.29 is 85.4 Å². The van der Waals surface area contributed by atoms with Crippen LogP contribution in [-0.4, -0.2) is 157 Å². The number of hydrogen-bond acceptors (Lipinski definition) is 24. The smallest absolute Gasteiger partial charge is 0.455 e. The molecule has 10 atom stereocenters. The lowest BCUT2D eigenvalue weighted by Crippen LogP contribution is -2.49. The monoisotopic (exact) mass is 1160 g/mol. The van der Waals surface area contributed by atoms with Crippen molar-refractivity contribution in [1.82, 2.24) is 45.0 Å². The number of aliphatic hydroxyl groups excluding tert-OH is 1. The molecule has 0 spiro atoms. The second-order valence-corrected chi connectivity index (χ2v) is 26.1. The number of alkyl carbamates (subject to hydrolysis) is 2. The quantitative estimate of drug-likeness (QED) is 0.0217. The van der Waals surface area contributed by atoms with E-state index >= 15 is 0 Å². The molecule has 426 valence electrons. The molecule has 1 unspecified atom stereocenters. The summed E-state index contributed by atoms with van der Waals surface area (Å²) in [6.07, 6.45) is -9.24. The van der Waals surface area contributed by atoms with Gasteiger partial charge in [-0.25, -0.2) is 43.3 Å². The molecule has 0 saturated carbocycles. The van der Waals surface area contributed by atoms with Gasteiger partial charge in [-0.1, -0.05) is 42.4 Å². The zero-order valence-corrected chi connectivity index (χ0v) is 46.5. The fraction of sp³-hybridized carbons (Fsp3) is 0.690. The number of carbonyl (C=O) groups is 4. The van der Waals surface area contributed by atoms with E-state index in [1.165, 1.54) is 44.7 Å². The first-order chi connectivity index (χ1) is 35.2. The van der Waals surface area contributed by atoms with Crippen molar-refractivity contribution in [2.75, 3.05) is 37.0 Å². The number of phosphoric acid groups is 2. The van der Waals surface area contributed by atoms with Crippen LogP contribution in [0.3, 0.4) is 0 Å². The third-order valence-corrected chi connectivity index (χ3v) is 15.2. The van der Waals surface area contributed by atoms with E-state index in [0.717, 1.165) is 10.9 Å². The molecule has 11 N–H and O–H groups in total. The number of hydrogen-bond donors (Lipinski definition) is 9. The van der Waals surface area contributed by atoms with Gasteiger partial charge in [0.25, 0.3) is 0 Å². The topological polar surface area (TPSA) is 424 Å². The molecule has 0 aliphatic carbocycles. The average molecular weight is 1160 g/mol.